The third-order valence-corrected chi connectivity index (χ3v) is 3.12. The van der Waals surface area contributed by atoms with E-state index < -0.39 is 0 Å². The van der Waals surface area contributed by atoms with Crippen LogP contribution in [-0.4, -0.2) is 15.3 Å². The van der Waals surface area contributed by atoms with E-state index in [4.69, 9.17) is 0 Å². The van der Waals surface area contributed by atoms with Crippen LogP contribution in [0, 0.1) is 0 Å². The topological polar surface area (TPSA) is 34.9 Å². The van der Waals surface area contributed by atoms with Crippen LogP contribution < -0.4 is 0 Å². The molecule has 0 amide bonds. The lowest BCUT2D eigenvalue weighted by Crippen LogP contribution is -2.22. The molecule has 1 aromatic carbocycles. The number of hydrogen-bond acceptors (Lipinski definition) is 2. The first-order valence-corrected chi connectivity index (χ1v) is 5.46. The standard InChI is InChI=1S/C13H12N2O/c16-13-7-6-11(10-4-2-1-3-5-10)15-9-14-8-12(13)15/h1-5,8-9,11H,6-7H2. The zero-order chi connectivity index (χ0) is 11.0. The number of carbonyl (C=O) groups excluding carboxylic acids is 1. The molecule has 1 aromatic heterocycles. The van der Waals surface area contributed by atoms with Crippen molar-refractivity contribution < 1.29 is 4.79 Å². The van der Waals surface area contributed by atoms with Gasteiger partial charge in [0.2, 0.25) is 0 Å². The van der Waals surface area contributed by atoms with Gasteiger partial charge in [-0.3, -0.25) is 4.79 Å². The molecule has 0 bridgehead atoms. The maximum atomic E-state index is 11.7. The number of rotatable bonds is 1. The van der Waals surface area contributed by atoms with Gasteiger partial charge >= 0.3 is 0 Å². The van der Waals surface area contributed by atoms with Gasteiger partial charge in [-0.25, -0.2) is 4.98 Å². The van der Waals surface area contributed by atoms with Gasteiger partial charge in [0.1, 0.15) is 5.69 Å². The fourth-order valence-corrected chi connectivity index (χ4v) is 2.31. The molecule has 0 saturated carbocycles. The minimum absolute atomic E-state index is 0.199. The van der Waals surface area contributed by atoms with Crippen LogP contribution in [0.25, 0.3) is 0 Å². The molecule has 0 radical (unpaired) electrons. The van der Waals surface area contributed by atoms with Crippen LogP contribution in [-0.2, 0) is 0 Å². The SMILES string of the molecule is O=C1CCC(c2ccccc2)n2cncc21. The van der Waals surface area contributed by atoms with Crippen LogP contribution in [0.15, 0.2) is 42.9 Å². The summed E-state index contributed by atoms with van der Waals surface area (Å²) in [7, 11) is 0. The maximum Gasteiger partial charge on any atom is 0.180 e. The summed E-state index contributed by atoms with van der Waals surface area (Å²) in [5.74, 6) is 0.199. The summed E-state index contributed by atoms with van der Waals surface area (Å²) in [4.78, 5) is 15.7. The lowest BCUT2D eigenvalue weighted by molar-refractivity contribution is 0.0948. The summed E-state index contributed by atoms with van der Waals surface area (Å²) < 4.78 is 1.99. The van der Waals surface area contributed by atoms with E-state index in [0.29, 0.717) is 6.42 Å². The van der Waals surface area contributed by atoms with E-state index in [2.05, 4.69) is 17.1 Å². The van der Waals surface area contributed by atoms with Crippen LogP contribution >= 0.6 is 0 Å². The average molecular weight is 212 g/mol. The first kappa shape index (κ1) is 9.33. The highest BCUT2D eigenvalue weighted by molar-refractivity contribution is 5.95. The van der Waals surface area contributed by atoms with Gasteiger partial charge in [0.15, 0.2) is 5.78 Å². The molecule has 16 heavy (non-hydrogen) atoms. The predicted molar refractivity (Wildman–Crippen MR) is 60.4 cm³/mol. The molecule has 80 valence electrons. The van der Waals surface area contributed by atoms with Crippen molar-refractivity contribution in [3.63, 3.8) is 0 Å². The van der Waals surface area contributed by atoms with Crippen molar-refractivity contribution in [1.29, 1.82) is 0 Å². The highest BCUT2D eigenvalue weighted by atomic mass is 16.1. The Balaban J connectivity index is 2.07. The van der Waals surface area contributed by atoms with E-state index in [9.17, 15) is 4.79 Å². The number of ketones is 1. The molecule has 0 spiro atoms. The summed E-state index contributed by atoms with van der Waals surface area (Å²) in [5, 5.41) is 0. The molecule has 2 aromatic rings. The molecule has 3 rings (SSSR count). The summed E-state index contributed by atoms with van der Waals surface area (Å²) in [6.07, 6.45) is 4.90. The Morgan fingerprint density at radius 1 is 1.25 bits per heavy atom. The van der Waals surface area contributed by atoms with Gasteiger partial charge in [0, 0.05) is 6.42 Å². The molecule has 0 fully saturated rings. The van der Waals surface area contributed by atoms with E-state index in [1.165, 1.54) is 5.56 Å². The zero-order valence-electron chi connectivity index (χ0n) is 8.84. The third-order valence-electron chi connectivity index (χ3n) is 3.12. The highest BCUT2D eigenvalue weighted by Gasteiger charge is 2.25. The second kappa shape index (κ2) is 3.59. The van der Waals surface area contributed by atoms with Gasteiger partial charge in [-0.05, 0) is 12.0 Å². The van der Waals surface area contributed by atoms with Gasteiger partial charge < -0.3 is 4.57 Å². The fraction of sp³-hybridized carbons (Fsp3) is 0.231. The molecule has 1 atom stereocenters. The molecule has 0 N–H and O–H groups in total. The number of benzene rings is 1. The molecule has 2 heterocycles. The van der Waals surface area contributed by atoms with Gasteiger partial charge in [0.05, 0.1) is 18.6 Å². The highest BCUT2D eigenvalue weighted by Crippen LogP contribution is 2.29. The van der Waals surface area contributed by atoms with Crippen LogP contribution in [0.2, 0.25) is 0 Å². The first-order valence-electron chi connectivity index (χ1n) is 5.46. The van der Waals surface area contributed by atoms with Gasteiger partial charge in [-0.15, -0.1) is 0 Å². The van der Waals surface area contributed by atoms with Crippen molar-refractivity contribution >= 4 is 5.78 Å². The number of imidazole rings is 1. The molecule has 3 nitrogen and oxygen atoms in total. The van der Waals surface area contributed by atoms with E-state index >= 15 is 0 Å². The Bertz CT molecular complexity index is 516. The second-order valence-corrected chi connectivity index (χ2v) is 4.07. The van der Waals surface area contributed by atoms with E-state index in [0.717, 1.165) is 12.1 Å². The van der Waals surface area contributed by atoms with Crippen molar-refractivity contribution in [2.75, 3.05) is 0 Å². The molecule has 0 saturated heterocycles. The molecular weight excluding hydrogens is 200 g/mol. The first-order chi connectivity index (χ1) is 7.86. The van der Waals surface area contributed by atoms with Crippen molar-refractivity contribution in [3.8, 4) is 0 Å². The molecular formula is C13H12N2O. The van der Waals surface area contributed by atoms with Crippen LogP contribution in [0.3, 0.4) is 0 Å². The predicted octanol–water partition coefficient (Wildman–Crippen LogP) is 2.45. The summed E-state index contributed by atoms with van der Waals surface area (Å²) in [5.41, 5.74) is 1.98. The van der Waals surface area contributed by atoms with E-state index in [1.54, 1.807) is 12.5 Å². The van der Waals surface area contributed by atoms with Crippen LogP contribution in [0.1, 0.15) is 34.9 Å². The third kappa shape index (κ3) is 1.36. The van der Waals surface area contributed by atoms with Crippen molar-refractivity contribution in [2.45, 2.75) is 18.9 Å². The molecule has 1 aliphatic rings. The van der Waals surface area contributed by atoms with Gasteiger partial charge in [0.25, 0.3) is 0 Å². The fourth-order valence-electron chi connectivity index (χ4n) is 2.31. The Kier molecular flexibility index (Phi) is 2.10. The molecule has 3 heteroatoms. The number of Topliss-reactive ketones (excluding diaryl/α,β-unsaturated/α-hetero) is 1. The molecule has 1 aliphatic heterocycles. The van der Waals surface area contributed by atoms with Crippen molar-refractivity contribution in [1.82, 2.24) is 9.55 Å². The van der Waals surface area contributed by atoms with E-state index in [-0.39, 0.29) is 11.8 Å². The van der Waals surface area contributed by atoms with Crippen molar-refractivity contribution in [3.05, 3.63) is 54.1 Å². The minimum atomic E-state index is 0.199. The number of aromatic nitrogens is 2. The number of hydrogen-bond donors (Lipinski definition) is 0. The normalized spacial score (nSPS) is 19.5. The molecule has 0 aliphatic carbocycles. The second-order valence-electron chi connectivity index (χ2n) is 4.07. The smallest absolute Gasteiger partial charge is 0.180 e. The van der Waals surface area contributed by atoms with Crippen LogP contribution in [0.4, 0.5) is 0 Å². The quantitative estimate of drug-likeness (QED) is 0.727. The van der Waals surface area contributed by atoms with Gasteiger partial charge in [-0.1, -0.05) is 30.3 Å². The number of carbonyl (C=O) groups is 1. The number of fused-ring (bicyclic) bond motifs is 1. The monoisotopic (exact) mass is 212 g/mol. The Morgan fingerprint density at radius 2 is 2.06 bits per heavy atom. The summed E-state index contributed by atoms with van der Waals surface area (Å²) in [6.45, 7) is 0. The Labute approximate surface area is 93.7 Å². The average Bonchev–Trinajstić information content (AvgIpc) is 2.81. The Morgan fingerprint density at radius 3 is 2.88 bits per heavy atom. The van der Waals surface area contributed by atoms with Crippen molar-refractivity contribution in [2.24, 2.45) is 0 Å². The summed E-state index contributed by atoms with van der Waals surface area (Å²) >= 11 is 0. The Hall–Kier alpha value is -1.90. The molecule has 1 unspecified atom stereocenters. The summed E-state index contributed by atoms with van der Waals surface area (Å²) in [6, 6.07) is 10.5. The zero-order valence-corrected chi connectivity index (χ0v) is 8.84. The minimum Gasteiger partial charge on any atom is -0.321 e. The van der Waals surface area contributed by atoms with E-state index in [1.807, 2.05) is 22.8 Å². The maximum absolute atomic E-state index is 11.7. The largest absolute Gasteiger partial charge is 0.321 e. The lowest BCUT2D eigenvalue weighted by Gasteiger charge is -2.24. The van der Waals surface area contributed by atoms with Crippen LogP contribution in [0.5, 0.6) is 0 Å². The lowest BCUT2D eigenvalue weighted by atomic mass is 9.96. The number of nitrogens with zero attached hydrogens (tertiary/aromatic N) is 2. The van der Waals surface area contributed by atoms with Gasteiger partial charge in [-0.2, -0.15) is 0 Å².